The van der Waals surface area contributed by atoms with Crippen molar-refractivity contribution in [2.45, 2.75) is 46.1 Å². The Balaban J connectivity index is 2.42. The quantitative estimate of drug-likeness (QED) is 0.637. The molecule has 12 heavy (non-hydrogen) atoms. The Morgan fingerprint density at radius 2 is 2.33 bits per heavy atom. The average molecular weight is 167 g/mol. The summed E-state index contributed by atoms with van der Waals surface area (Å²) in [6, 6.07) is 0.748. The first kappa shape index (κ1) is 9.79. The van der Waals surface area contributed by atoms with Crippen LogP contribution >= 0.6 is 0 Å². The van der Waals surface area contributed by atoms with Crippen LogP contribution < -0.4 is 5.32 Å². The van der Waals surface area contributed by atoms with Crippen LogP contribution in [0.3, 0.4) is 0 Å². The highest BCUT2D eigenvalue weighted by Gasteiger charge is 2.15. The summed E-state index contributed by atoms with van der Waals surface area (Å²) in [5.41, 5.74) is 1.65. The minimum Gasteiger partial charge on any atom is -0.314 e. The minimum atomic E-state index is 0.742. The zero-order chi connectivity index (χ0) is 8.97. The molecule has 0 saturated heterocycles. The molecule has 1 nitrogen and oxygen atoms in total. The monoisotopic (exact) mass is 167 g/mol. The summed E-state index contributed by atoms with van der Waals surface area (Å²) < 4.78 is 0. The second-order valence-electron chi connectivity index (χ2n) is 3.97. The summed E-state index contributed by atoms with van der Waals surface area (Å²) in [5.74, 6) is 0.742. The molecule has 0 aliphatic heterocycles. The van der Waals surface area contributed by atoms with E-state index in [0.717, 1.165) is 18.5 Å². The van der Waals surface area contributed by atoms with Crippen molar-refractivity contribution >= 4 is 0 Å². The molecule has 0 aromatic rings. The largest absolute Gasteiger partial charge is 0.314 e. The average Bonchev–Trinajstić information content (AvgIpc) is 2.05. The molecule has 70 valence electrons. The zero-order valence-electron chi connectivity index (χ0n) is 8.56. The van der Waals surface area contributed by atoms with Crippen LogP contribution in [0.1, 0.15) is 40.0 Å². The van der Waals surface area contributed by atoms with Gasteiger partial charge in [0.1, 0.15) is 0 Å². The van der Waals surface area contributed by atoms with Gasteiger partial charge in [-0.05, 0) is 31.7 Å². The van der Waals surface area contributed by atoms with E-state index in [1.54, 1.807) is 5.57 Å². The van der Waals surface area contributed by atoms with E-state index >= 15 is 0 Å². The third-order valence-corrected chi connectivity index (χ3v) is 2.64. The molecule has 0 saturated carbocycles. The van der Waals surface area contributed by atoms with Gasteiger partial charge in [-0.1, -0.05) is 32.4 Å². The second kappa shape index (κ2) is 4.66. The normalized spacial score (nSPS) is 24.3. The summed E-state index contributed by atoms with van der Waals surface area (Å²) in [7, 11) is 0. The lowest BCUT2D eigenvalue weighted by Gasteiger charge is -2.25. The molecule has 0 aromatic heterocycles. The molecule has 1 aliphatic rings. The van der Waals surface area contributed by atoms with Gasteiger partial charge in [-0.25, -0.2) is 0 Å². The zero-order valence-corrected chi connectivity index (χ0v) is 8.56. The van der Waals surface area contributed by atoms with Gasteiger partial charge in [-0.15, -0.1) is 0 Å². The Kier molecular flexibility index (Phi) is 3.80. The van der Waals surface area contributed by atoms with E-state index in [-0.39, 0.29) is 0 Å². The number of nitrogens with one attached hydrogen (secondary N) is 1. The van der Waals surface area contributed by atoms with Crippen molar-refractivity contribution in [2.75, 3.05) is 6.54 Å². The number of allylic oxidation sites excluding steroid dienone is 1. The Hall–Kier alpha value is -0.300. The van der Waals surface area contributed by atoms with Crippen molar-refractivity contribution in [1.82, 2.24) is 5.32 Å². The molecule has 1 N–H and O–H groups in total. The molecule has 1 atom stereocenters. The SMILES string of the molecule is CCNC1CCC=C(C(C)C)C1. The first-order valence-corrected chi connectivity index (χ1v) is 5.16. The van der Waals surface area contributed by atoms with E-state index in [1.165, 1.54) is 19.3 Å². The fourth-order valence-corrected chi connectivity index (χ4v) is 1.87. The highest BCUT2D eigenvalue weighted by atomic mass is 14.9. The van der Waals surface area contributed by atoms with Crippen LogP contribution in [0.2, 0.25) is 0 Å². The predicted molar refractivity (Wildman–Crippen MR) is 54.2 cm³/mol. The summed E-state index contributed by atoms with van der Waals surface area (Å²) in [4.78, 5) is 0. The first-order chi connectivity index (χ1) is 5.74. The molecule has 0 aromatic carbocycles. The lowest BCUT2D eigenvalue weighted by molar-refractivity contribution is 0.457. The van der Waals surface area contributed by atoms with Gasteiger partial charge in [0, 0.05) is 6.04 Å². The molecular formula is C11H21N. The summed E-state index contributed by atoms with van der Waals surface area (Å²) in [6.45, 7) is 7.88. The van der Waals surface area contributed by atoms with Crippen LogP contribution in [0.15, 0.2) is 11.6 Å². The van der Waals surface area contributed by atoms with Crippen molar-refractivity contribution < 1.29 is 0 Å². The number of hydrogen-bond acceptors (Lipinski definition) is 1. The van der Waals surface area contributed by atoms with Gasteiger partial charge in [-0.3, -0.25) is 0 Å². The van der Waals surface area contributed by atoms with Gasteiger partial charge in [0.25, 0.3) is 0 Å². The van der Waals surface area contributed by atoms with Gasteiger partial charge >= 0.3 is 0 Å². The molecular weight excluding hydrogens is 146 g/mol. The molecule has 0 bridgehead atoms. The molecule has 0 spiro atoms. The Bertz CT molecular complexity index is 158. The smallest absolute Gasteiger partial charge is 0.0107 e. The highest BCUT2D eigenvalue weighted by Crippen LogP contribution is 2.23. The van der Waals surface area contributed by atoms with Gasteiger partial charge in [0.15, 0.2) is 0 Å². The second-order valence-corrected chi connectivity index (χ2v) is 3.97. The van der Waals surface area contributed by atoms with E-state index in [9.17, 15) is 0 Å². The third-order valence-electron chi connectivity index (χ3n) is 2.64. The Labute approximate surface area is 76.2 Å². The number of rotatable bonds is 3. The molecule has 0 fully saturated rings. The standard InChI is InChI=1S/C11H21N/c1-4-12-11-7-5-6-10(8-11)9(2)3/h6,9,11-12H,4-5,7-8H2,1-3H3. The lowest BCUT2D eigenvalue weighted by Crippen LogP contribution is -2.31. The van der Waals surface area contributed by atoms with E-state index in [1.807, 2.05) is 0 Å². The van der Waals surface area contributed by atoms with Crippen LogP contribution in [0.5, 0.6) is 0 Å². The molecule has 1 heteroatoms. The van der Waals surface area contributed by atoms with E-state index in [0.29, 0.717) is 0 Å². The summed E-state index contributed by atoms with van der Waals surface area (Å²) in [6.07, 6.45) is 6.29. The van der Waals surface area contributed by atoms with Gasteiger partial charge in [0.05, 0.1) is 0 Å². The highest BCUT2D eigenvalue weighted by molar-refractivity contribution is 5.10. The molecule has 1 unspecified atom stereocenters. The van der Waals surface area contributed by atoms with Gasteiger partial charge < -0.3 is 5.32 Å². The van der Waals surface area contributed by atoms with Crippen LogP contribution in [0.25, 0.3) is 0 Å². The first-order valence-electron chi connectivity index (χ1n) is 5.16. The predicted octanol–water partition coefficient (Wildman–Crippen LogP) is 2.73. The van der Waals surface area contributed by atoms with Crippen LogP contribution in [-0.2, 0) is 0 Å². The third kappa shape index (κ3) is 2.63. The maximum atomic E-state index is 3.53. The van der Waals surface area contributed by atoms with Crippen molar-refractivity contribution in [3.8, 4) is 0 Å². The van der Waals surface area contributed by atoms with Crippen molar-refractivity contribution in [1.29, 1.82) is 0 Å². The van der Waals surface area contributed by atoms with E-state index in [2.05, 4.69) is 32.2 Å². The van der Waals surface area contributed by atoms with Crippen LogP contribution in [0, 0.1) is 5.92 Å². The van der Waals surface area contributed by atoms with E-state index < -0.39 is 0 Å². The Morgan fingerprint density at radius 3 is 2.92 bits per heavy atom. The fourth-order valence-electron chi connectivity index (χ4n) is 1.87. The molecule has 1 aliphatic carbocycles. The van der Waals surface area contributed by atoms with Crippen molar-refractivity contribution in [3.63, 3.8) is 0 Å². The van der Waals surface area contributed by atoms with Crippen LogP contribution in [-0.4, -0.2) is 12.6 Å². The topological polar surface area (TPSA) is 12.0 Å². The van der Waals surface area contributed by atoms with Gasteiger partial charge in [0.2, 0.25) is 0 Å². The lowest BCUT2D eigenvalue weighted by atomic mass is 9.88. The molecule has 0 amide bonds. The van der Waals surface area contributed by atoms with Crippen molar-refractivity contribution in [2.24, 2.45) is 5.92 Å². The Morgan fingerprint density at radius 1 is 1.58 bits per heavy atom. The summed E-state index contributed by atoms with van der Waals surface area (Å²) in [5, 5.41) is 3.53. The minimum absolute atomic E-state index is 0.742. The maximum Gasteiger partial charge on any atom is 0.0107 e. The molecule has 1 rings (SSSR count). The maximum absolute atomic E-state index is 3.53. The van der Waals surface area contributed by atoms with Crippen LogP contribution in [0.4, 0.5) is 0 Å². The van der Waals surface area contributed by atoms with Gasteiger partial charge in [-0.2, -0.15) is 0 Å². The molecule has 0 radical (unpaired) electrons. The summed E-state index contributed by atoms with van der Waals surface area (Å²) >= 11 is 0. The molecule has 0 heterocycles. The fraction of sp³-hybridized carbons (Fsp3) is 0.818. The van der Waals surface area contributed by atoms with Crippen molar-refractivity contribution in [3.05, 3.63) is 11.6 Å². The number of hydrogen-bond donors (Lipinski definition) is 1. The van der Waals surface area contributed by atoms with E-state index in [4.69, 9.17) is 0 Å².